The van der Waals surface area contributed by atoms with Gasteiger partial charge in [0.05, 0.1) is 6.10 Å². The fraction of sp³-hybridized carbons (Fsp3) is 1.00. The number of hydrogen-bond acceptors (Lipinski definition) is 1. The van der Waals surface area contributed by atoms with E-state index in [0.29, 0.717) is 6.10 Å². The van der Waals surface area contributed by atoms with Gasteiger partial charge in [-0.1, -0.05) is 26.7 Å². The summed E-state index contributed by atoms with van der Waals surface area (Å²) in [6, 6.07) is 0. The Morgan fingerprint density at radius 3 is 2.00 bits per heavy atom. The van der Waals surface area contributed by atoms with Crippen molar-refractivity contribution in [2.45, 2.75) is 45.6 Å². The van der Waals surface area contributed by atoms with Crippen LogP contribution in [0.1, 0.15) is 39.5 Å². The van der Waals surface area contributed by atoms with Gasteiger partial charge in [-0.2, -0.15) is 0 Å². The van der Waals surface area contributed by atoms with Crippen LogP contribution in [0.3, 0.4) is 0 Å². The second-order valence-corrected chi connectivity index (χ2v) is 2.50. The standard InChI is InChI=1S/C7H14O.CH4/c1-8-7-5-3-2-4-6-7;/h7H,2-6H2,1H3;1H4. The van der Waals surface area contributed by atoms with E-state index in [2.05, 4.69) is 0 Å². The molecular weight excluding hydrogens is 112 g/mol. The van der Waals surface area contributed by atoms with Crippen LogP contribution in [0.2, 0.25) is 0 Å². The van der Waals surface area contributed by atoms with Crippen LogP contribution in [0.25, 0.3) is 0 Å². The molecule has 1 aliphatic rings. The van der Waals surface area contributed by atoms with Crippen molar-refractivity contribution in [3.05, 3.63) is 0 Å². The van der Waals surface area contributed by atoms with E-state index in [1.807, 2.05) is 7.11 Å². The van der Waals surface area contributed by atoms with Crippen LogP contribution in [-0.2, 0) is 4.74 Å². The van der Waals surface area contributed by atoms with Gasteiger partial charge in [-0.25, -0.2) is 0 Å². The molecule has 1 heteroatoms. The summed E-state index contributed by atoms with van der Waals surface area (Å²) in [5.74, 6) is 0. The van der Waals surface area contributed by atoms with E-state index in [1.54, 1.807) is 0 Å². The SMILES string of the molecule is C.COC1CCCCC1. The van der Waals surface area contributed by atoms with E-state index in [9.17, 15) is 0 Å². The quantitative estimate of drug-likeness (QED) is 0.530. The number of hydrogen-bond donors (Lipinski definition) is 0. The molecule has 9 heavy (non-hydrogen) atoms. The molecule has 1 saturated carbocycles. The van der Waals surface area contributed by atoms with Gasteiger partial charge in [-0.05, 0) is 12.8 Å². The van der Waals surface area contributed by atoms with E-state index >= 15 is 0 Å². The molecule has 0 N–H and O–H groups in total. The highest BCUT2D eigenvalue weighted by Crippen LogP contribution is 2.18. The smallest absolute Gasteiger partial charge is 0.0571 e. The number of ether oxygens (including phenoxy) is 1. The van der Waals surface area contributed by atoms with Crippen LogP contribution < -0.4 is 0 Å². The Bertz CT molecular complexity index is 55.6. The summed E-state index contributed by atoms with van der Waals surface area (Å²) >= 11 is 0. The molecule has 0 aromatic rings. The van der Waals surface area contributed by atoms with Crippen LogP contribution in [0.15, 0.2) is 0 Å². The molecule has 0 aromatic heterocycles. The van der Waals surface area contributed by atoms with Crippen molar-refractivity contribution in [2.75, 3.05) is 7.11 Å². The fourth-order valence-electron chi connectivity index (χ4n) is 1.30. The molecule has 0 aromatic carbocycles. The van der Waals surface area contributed by atoms with Gasteiger partial charge in [0, 0.05) is 7.11 Å². The van der Waals surface area contributed by atoms with Gasteiger partial charge in [-0.15, -0.1) is 0 Å². The van der Waals surface area contributed by atoms with Crippen LogP contribution >= 0.6 is 0 Å². The fourth-order valence-corrected chi connectivity index (χ4v) is 1.30. The normalized spacial score (nSPS) is 21.0. The Hall–Kier alpha value is -0.0400. The average Bonchev–Trinajstić information content (AvgIpc) is 1.90. The van der Waals surface area contributed by atoms with Crippen molar-refractivity contribution in [3.8, 4) is 0 Å². The van der Waals surface area contributed by atoms with E-state index in [1.165, 1.54) is 32.1 Å². The van der Waals surface area contributed by atoms with Gasteiger partial charge in [0.25, 0.3) is 0 Å². The molecule has 0 heterocycles. The first-order valence-corrected chi connectivity index (χ1v) is 3.46. The van der Waals surface area contributed by atoms with E-state index in [4.69, 9.17) is 4.74 Å². The molecule has 0 amide bonds. The predicted octanol–water partition coefficient (Wildman–Crippen LogP) is 2.60. The van der Waals surface area contributed by atoms with Crippen molar-refractivity contribution >= 4 is 0 Å². The molecule has 1 aliphatic carbocycles. The first-order valence-electron chi connectivity index (χ1n) is 3.46. The minimum absolute atomic E-state index is 0. The maximum absolute atomic E-state index is 5.19. The third-order valence-electron chi connectivity index (χ3n) is 1.89. The summed E-state index contributed by atoms with van der Waals surface area (Å²) in [7, 11) is 1.82. The Labute approximate surface area is 58.4 Å². The Balaban J connectivity index is 0.000000640. The molecule has 0 radical (unpaired) electrons. The van der Waals surface area contributed by atoms with E-state index in [-0.39, 0.29) is 7.43 Å². The summed E-state index contributed by atoms with van der Waals surface area (Å²) in [5, 5.41) is 0. The largest absolute Gasteiger partial charge is 0.381 e. The first-order chi connectivity index (χ1) is 3.93. The zero-order chi connectivity index (χ0) is 5.82. The highest BCUT2D eigenvalue weighted by molar-refractivity contribution is 4.63. The molecule has 0 unspecified atom stereocenters. The third-order valence-corrected chi connectivity index (χ3v) is 1.89. The second-order valence-electron chi connectivity index (χ2n) is 2.50. The van der Waals surface area contributed by atoms with Gasteiger partial charge in [-0.3, -0.25) is 0 Å². The lowest BCUT2D eigenvalue weighted by Crippen LogP contribution is -2.13. The van der Waals surface area contributed by atoms with Gasteiger partial charge < -0.3 is 4.74 Å². The van der Waals surface area contributed by atoms with Crippen molar-refractivity contribution in [2.24, 2.45) is 0 Å². The summed E-state index contributed by atoms with van der Waals surface area (Å²) in [6.45, 7) is 0. The number of rotatable bonds is 1. The Kier molecular flexibility index (Phi) is 4.78. The summed E-state index contributed by atoms with van der Waals surface area (Å²) in [5.41, 5.74) is 0. The second kappa shape index (κ2) is 4.80. The summed E-state index contributed by atoms with van der Waals surface area (Å²) in [6.07, 6.45) is 7.33. The molecule has 1 fully saturated rings. The molecule has 0 spiro atoms. The topological polar surface area (TPSA) is 9.23 Å². The molecule has 1 nitrogen and oxygen atoms in total. The van der Waals surface area contributed by atoms with Crippen LogP contribution in [0.5, 0.6) is 0 Å². The van der Waals surface area contributed by atoms with Gasteiger partial charge >= 0.3 is 0 Å². The molecule has 0 atom stereocenters. The molecule has 0 saturated heterocycles. The highest BCUT2D eigenvalue weighted by atomic mass is 16.5. The maximum atomic E-state index is 5.19. The van der Waals surface area contributed by atoms with Crippen LogP contribution in [0.4, 0.5) is 0 Å². The van der Waals surface area contributed by atoms with Gasteiger partial charge in [0.1, 0.15) is 0 Å². The van der Waals surface area contributed by atoms with Crippen LogP contribution in [-0.4, -0.2) is 13.2 Å². The van der Waals surface area contributed by atoms with Crippen LogP contribution in [0, 0.1) is 0 Å². The zero-order valence-corrected chi connectivity index (χ0v) is 5.52. The number of methoxy groups -OCH3 is 1. The van der Waals surface area contributed by atoms with Crippen molar-refractivity contribution < 1.29 is 4.74 Å². The maximum Gasteiger partial charge on any atom is 0.0571 e. The Morgan fingerprint density at radius 1 is 1.11 bits per heavy atom. The molecular formula is C8H18O. The zero-order valence-electron chi connectivity index (χ0n) is 5.52. The summed E-state index contributed by atoms with van der Waals surface area (Å²) in [4.78, 5) is 0. The lowest BCUT2D eigenvalue weighted by molar-refractivity contribution is 0.0710. The van der Waals surface area contributed by atoms with Crippen molar-refractivity contribution in [1.29, 1.82) is 0 Å². The van der Waals surface area contributed by atoms with E-state index in [0.717, 1.165) is 0 Å². The monoisotopic (exact) mass is 130 g/mol. The Morgan fingerprint density at radius 2 is 1.67 bits per heavy atom. The minimum Gasteiger partial charge on any atom is -0.381 e. The summed E-state index contributed by atoms with van der Waals surface area (Å²) < 4.78 is 5.19. The minimum atomic E-state index is 0. The molecule has 0 bridgehead atoms. The third kappa shape index (κ3) is 2.85. The predicted molar refractivity (Wildman–Crippen MR) is 40.6 cm³/mol. The van der Waals surface area contributed by atoms with Crippen molar-refractivity contribution in [3.63, 3.8) is 0 Å². The first kappa shape index (κ1) is 8.96. The average molecular weight is 130 g/mol. The van der Waals surface area contributed by atoms with Gasteiger partial charge in [0.2, 0.25) is 0 Å². The van der Waals surface area contributed by atoms with Gasteiger partial charge in [0.15, 0.2) is 0 Å². The van der Waals surface area contributed by atoms with E-state index < -0.39 is 0 Å². The molecule has 0 aliphatic heterocycles. The highest BCUT2D eigenvalue weighted by Gasteiger charge is 2.10. The molecule has 56 valence electrons. The lowest BCUT2D eigenvalue weighted by atomic mass is 9.98. The lowest BCUT2D eigenvalue weighted by Gasteiger charge is -2.19. The molecule has 1 rings (SSSR count). The van der Waals surface area contributed by atoms with Crippen molar-refractivity contribution in [1.82, 2.24) is 0 Å².